The van der Waals surface area contributed by atoms with Crippen molar-refractivity contribution in [3.63, 3.8) is 0 Å². The molecule has 22 heavy (non-hydrogen) atoms. The summed E-state index contributed by atoms with van der Waals surface area (Å²) in [5.74, 6) is 0.130. The summed E-state index contributed by atoms with van der Waals surface area (Å²) in [5, 5.41) is 13.8. The molecule has 3 rings (SSSR count). The summed E-state index contributed by atoms with van der Waals surface area (Å²) >= 11 is 1.71. The number of carbonyl (C=O) groups is 1. The molecule has 2 aliphatic rings. The van der Waals surface area contributed by atoms with Crippen LogP contribution in [-0.2, 0) is 10.2 Å². The lowest BCUT2D eigenvalue weighted by Crippen LogP contribution is -2.46. The molecule has 0 unspecified atom stereocenters. The number of hydrogen-bond donors (Lipinski definition) is 1. The highest BCUT2D eigenvalue weighted by atomic mass is 32.1. The van der Waals surface area contributed by atoms with E-state index in [2.05, 4.69) is 11.9 Å². The van der Waals surface area contributed by atoms with E-state index in [-0.39, 0.29) is 11.3 Å². The van der Waals surface area contributed by atoms with Crippen molar-refractivity contribution in [1.82, 2.24) is 9.88 Å². The first-order valence-electron chi connectivity index (χ1n) is 8.41. The molecular weight excluding hydrogens is 296 g/mol. The summed E-state index contributed by atoms with van der Waals surface area (Å²) in [6, 6.07) is 0. The van der Waals surface area contributed by atoms with Crippen molar-refractivity contribution in [2.75, 3.05) is 13.1 Å². The Bertz CT molecular complexity index is 501. The van der Waals surface area contributed by atoms with E-state index in [0.717, 1.165) is 51.6 Å². The Labute approximate surface area is 136 Å². The molecule has 0 aromatic carbocycles. The highest BCUT2D eigenvalue weighted by molar-refractivity contribution is 7.09. The van der Waals surface area contributed by atoms with Gasteiger partial charge in [0, 0.05) is 30.1 Å². The minimum absolute atomic E-state index is 0.104. The van der Waals surface area contributed by atoms with E-state index in [9.17, 15) is 9.90 Å². The van der Waals surface area contributed by atoms with Gasteiger partial charge in [-0.05, 0) is 25.7 Å². The minimum Gasteiger partial charge on any atom is -0.389 e. The third-order valence-corrected chi connectivity index (χ3v) is 6.51. The van der Waals surface area contributed by atoms with E-state index < -0.39 is 5.60 Å². The number of rotatable bonds is 3. The second kappa shape index (κ2) is 6.28. The first-order chi connectivity index (χ1) is 10.5. The average molecular weight is 322 g/mol. The van der Waals surface area contributed by atoms with E-state index in [1.165, 1.54) is 11.4 Å². The van der Waals surface area contributed by atoms with Crippen LogP contribution < -0.4 is 0 Å². The number of hydrogen-bond acceptors (Lipinski definition) is 4. The predicted molar refractivity (Wildman–Crippen MR) is 87.9 cm³/mol. The molecule has 0 spiro atoms. The van der Waals surface area contributed by atoms with Crippen LogP contribution in [0.25, 0.3) is 0 Å². The Kier molecular flexibility index (Phi) is 4.55. The lowest BCUT2D eigenvalue weighted by Gasteiger charge is -2.40. The zero-order valence-corrected chi connectivity index (χ0v) is 14.2. The van der Waals surface area contributed by atoms with Crippen LogP contribution in [0.3, 0.4) is 0 Å². The van der Waals surface area contributed by atoms with E-state index in [1.807, 2.05) is 16.5 Å². The second-order valence-corrected chi connectivity index (χ2v) is 8.14. The Morgan fingerprint density at radius 3 is 2.55 bits per heavy atom. The maximum absolute atomic E-state index is 12.5. The predicted octanol–water partition coefficient (Wildman–Crippen LogP) is 3.11. The van der Waals surface area contributed by atoms with Gasteiger partial charge in [0.1, 0.15) is 0 Å². The summed E-state index contributed by atoms with van der Waals surface area (Å²) < 4.78 is 0. The molecule has 1 saturated carbocycles. The van der Waals surface area contributed by atoms with Crippen LogP contribution >= 0.6 is 11.3 Å². The van der Waals surface area contributed by atoms with Gasteiger partial charge in [-0.25, -0.2) is 4.98 Å². The third kappa shape index (κ3) is 3.35. The van der Waals surface area contributed by atoms with Gasteiger partial charge in [0.25, 0.3) is 0 Å². The van der Waals surface area contributed by atoms with Gasteiger partial charge in [-0.3, -0.25) is 4.79 Å². The second-order valence-electron chi connectivity index (χ2n) is 7.24. The molecule has 1 N–H and O–H groups in total. The Hall–Kier alpha value is -0.940. The summed E-state index contributed by atoms with van der Waals surface area (Å²) in [4.78, 5) is 18.9. The standard InChI is InChI=1S/C17H26N2O2S/c1-16(15-18-9-12-22-15)7-10-19(11-8-16)14(20)13-17(21)5-3-2-4-6-17/h9,12,21H,2-8,10-11,13H2,1H3. The Morgan fingerprint density at radius 1 is 1.27 bits per heavy atom. The first-order valence-corrected chi connectivity index (χ1v) is 9.29. The van der Waals surface area contributed by atoms with Crippen molar-refractivity contribution in [2.45, 2.75) is 69.3 Å². The zero-order valence-electron chi connectivity index (χ0n) is 13.4. The van der Waals surface area contributed by atoms with E-state index >= 15 is 0 Å². The molecular formula is C17H26N2O2S. The average Bonchev–Trinajstić information content (AvgIpc) is 3.03. The number of thiazole rings is 1. The number of carbonyl (C=O) groups excluding carboxylic acids is 1. The van der Waals surface area contributed by atoms with Gasteiger partial charge >= 0.3 is 0 Å². The summed E-state index contributed by atoms with van der Waals surface area (Å²) in [7, 11) is 0. The normalized spacial score (nSPS) is 24.2. The first kappa shape index (κ1) is 15.9. The topological polar surface area (TPSA) is 53.4 Å². The lowest BCUT2D eigenvalue weighted by molar-refractivity contribution is -0.139. The number of amides is 1. The van der Waals surface area contributed by atoms with Crippen LogP contribution in [0.5, 0.6) is 0 Å². The van der Waals surface area contributed by atoms with Crippen LogP contribution in [0.15, 0.2) is 11.6 Å². The van der Waals surface area contributed by atoms with Crippen LogP contribution in [0, 0.1) is 0 Å². The van der Waals surface area contributed by atoms with Gasteiger partial charge < -0.3 is 10.0 Å². The van der Waals surface area contributed by atoms with Crippen molar-refractivity contribution in [3.8, 4) is 0 Å². The van der Waals surface area contributed by atoms with Crippen molar-refractivity contribution in [3.05, 3.63) is 16.6 Å². The number of piperidine rings is 1. The van der Waals surface area contributed by atoms with E-state index in [1.54, 1.807) is 11.3 Å². The maximum Gasteiger partial charge on any atom is 0.225 e. The SMILES string of the molecule is CC1(c2nccs2)CCN(C(=O)CC2(O)CCCCC2)CC1. The van der Waals surface area contributed by atoms with Crippen LogP contribution in [-0.4, -0.2) is 39.6 Å². The van der Waals surface area contributed by atoms with Crippen molar-refractivity contribution in [2.24, 2.45) is 0 Å². The smallest absolute Gasteiger partial charge is 0.225 e. The van der Waals surface area contributed by atoms with Crippen LogP contribution in [0.2, 0.25) is 0 Å². The largest absolute Gasteiger partial charge is 0.389 e. The fraction of sp³-hybridized carbons (Fsp3) is 0.765. The van der Waals surface area contributed by atoms with Crippen molar-refractivity contribution in [1.29, 1.82) is 0 Å². The lowest BCUT2D eigenvalue weighted by atomic mass is 9.79. The molecule has 4 nitrogen and oxygen atoms in total. The minimum atomic E-state index is -0.745. The summed E-state index contributed by atoms with van der Waals surface area (Å²) in [6.07, 6.45) is 8.94. The van der Waals surface area contributed by atoms with Gasteiger partial charge in [0.15, 0.2) is 0 Å². The number of aliphatic hydroxyl groups is 1. The molecule has 1 aromatic rings. The Balaban J connectivity index is 1.56. The molecule has 1 aliphatic carbocycles. The van der Waals surface area contributed by atoms with Crippen molar-refractivity contribution >= 4 is 17.2 Å². The van der Waals surface area contributed by atoms with Gasteiger partial charge in [-0.1, -0.05) is 26.2 Å². The molecule has 0 radical (unpaired) electrons. The fourth-order valence-corrected chi connectivity index (χ4v) is 4.63. The molecule has 2 fully saturated rings. The molecule has 1 amide bonds. The third-order valence-electron chi connectivity index (χ3n) is 5.43. The molecule has 122 valence electrons. The molecule has 1 saturated heterocycles. The highest BCUT2D eigenvalue weighted by Gasteiger charge is 2.38. The van der Waals surface area contributed by atoms with Gasteiger partial charge in [-0.2, -0.15) is 0 Å². The molecule has 0 bridgehead atoms. The monoisotopic (exact) mass is 322 g/mol. The van der Waals surface area contributed by atoms with E-state index in [4.69, 9.17) is 0 Å². The Morgan fingerprint density at radius 2 is 1.95 bits per heavy atom. The quantitative estimate of drug-likeness (QED) is 0.930. The molecule has 2 heterocycles. The number of likely N-dealkylation sites (tertiary alicyclic amines) is 1. The number of aromatic nitrogens is 1. The summed E-state index contributed by atoms with van der Waals surface area (Å²) in [5.41, 5.74) is -0.641. The summed E-state index contributed by atoms with van der Waals surface area (Å²) in [6.45, 7) is 3.82. The van der Waals surface area contributed by atoms with Gasteiger partial charge in [0.2, 0.25) is 5.91 Å². The fourth-order valence-electron chi connectivity index (χ4n) is 3.77. The van der Waals surface area contributed by atoms with Gasteiger partial charge in [0.05, 0.1) is 17.0 Å². The van der Waals surface area contributed by atoms with Crippen LogP contribution in [0.1, 0.15) is 63.3 Å². The van der Waals surface area contributed by atoms with E-state index in [0.29, 0.717) is 6.42 Å². The zero-order chi connectivity index (χ0) is 15.6. The molecule has 0 atom stereocenters. The van der Waals surface area contributed by atoms with Gasteiger partial charge in [-0.15, -0.1) is 11.3 Å². The molecule has 1 aromatic heterocycles. The number of nitrogens with zero attached hydrogens (tertiary/aromatic N) is 2. The molecule has 5 heteroatoms. The van der Waals surface area contributed by atoms with Crippen LogP contribution in [0.4, 0.5) is 0 Å². The van der Waals surface area contributed by atoms with Crippen molar-refractivity contribution < 1.29 is 9.90 Å². The maximum atomic E-state index is 12.5. The highest BCUT2D eigenvalue weighted by Crippen LogP contribution is 2.37. The molecule has 1 aliphatic heterocycles.